The molecule has 4 nitrogen and oxygen atoms in total. The van der Waals surface area contributed by atoms with Crippen molar-refractivity contribution in [3.63, 3.8) is 0 Å². The quantitative estimate of drug-likeness (QED) is 0.783. The van der Waals surface area contributed by atoms with E-state index in [1.165, 1.54) is 12.1 Å². The molecule has 0 saturated carbocycles. The zero-order chi connectivity index (χ0) is 17.3. The molecule has 7 heteroatoms. The summed E-state index contributed by atoms with van der Waals surface area (Å²) in [7, 11) is 0. The summed E-state index contributed by atoms with van der Waals surface area (Å²) >= 11 is 0. The summed E-state index contributed by atoms with van der Waals surface area (Å²) in [6.45, 7) is 0. The minimum absolute atomic E-state index is 0.0701. The zero-order valence-electron chi connectivity index (χ0n) is 12.5. The van der Waals surface area contributed by atoms with E-state index < -0.39 is 17.8 Å². The fraction of sp³-hybridized carbons (Fsp3) is 0.235. The molecule has 2 aromatic rings. The van der Waals surface area contributed by atoms with Crippen LogP contribution < -0.4 is 10.6 Å². The van der Waals surface area contributed by atoms with Crippen LogP contribution in [0.25, 0.3) is 0 Å². The van der Waals surface area contributed by atoms with E-state index in [1.54, 1.807) is 12.1 Å². The first-order valence-electron chi connectivity index (χ1n) is 7.37. The van der Waals surface area contributed by atoms with Gasteiger partial charge in [-0.05, 0) is 48.2 Å². The van der Waals surface area contributed by atoms with Crippen LogP contribution in [0.4, 0.5) is 23.7 Å². The molecule has 1 atom stereocenters. The molecular formula is C17H15F3N2O2. The molecule has 0 radical (unpaired) electrons. The number of hydrogen-bond acceptors (Lipinski definition) is 2. The Bertz CT molecular complexity index is 775. The number of anilines is 1. The summed E-state index contributed by atoms with van der Waals surface area (Å²) in [4.78, 5) is 12.0. The van der Waals surface area contributed by atoms with Crippen LogP contribution in [0.15, 0.2) is 42.5 Å². The molecule has 0 heterocycles. The minimum Gasteiger partial charge on any atom is -0.508 e. The summed E-state index contributed by atoms with van der Waals surface area (Å²) in [6.07, 6.45) is -3.41. The third-order valence-electron chi connectivity index (χ3n) is 3.95. The maximum atomic E-state index is 12.7. The van der Waals surface area contributed by atoms with Crippen LogP contribution in [0, 0.1) is 0 Å². The number of phenols is 1. The summed E-state index contributed by atoms with van der Waals surface area (Å²) in [5, 5.41) is 14.9. The van der Waals surface area contributed by atoms with Gasteiger partial charge in [-0.1, -0.05) is 18.2 Å². The van der Waals surface area contributed by atoms with Gasteiger partial charge >= 0.3 is 12.2 Å². The van der Waals surface area contributed by atoms with Gasteiger partial charge in [-0.2, -0.15) is 13.2 Å². The van der Waals surface area contributed by atoms with E-state index in [2.05, 4.69) is 10.6 Å². The monoisotopic (exact) mass is 336 g/mol. The maximum absolute atomic E-state index is 12.7. The number of carbonyl (C=O) groups excluding carboxylic acids is 1. The van der Waals surface area contributed by atoms with Crippen LogP contribution in [0.2, 0.25) is 0 Å². The number of rotatable bonds is 2. The van der Waals surface area contributed by atoms with Crippen LogP contribution in [-0.4, -0.2) is 17.2 Å². The molecule has 1 aliphatic carbocycles. The molecule has 1 unspecified atom stereocenters. The molecule has 0 fully saturated rings. The Hall–Kier alpha value is -2.70. The van der Waals surface area contributed by atoms with Gasteiger partial charge in [0.2, 0.25) is 0 Å². The molecule has 3 N–H and O–H groups in total. The van der Waals surface area contributed by atoms with Crippen molar-refractivity contribution in [1.29, 1.82) is 0 Å². The van der Waals surface area contributed by atoms with E-state index in [4.69, 9.17) is 0 Å². The molecular weight excluding hydrogens is 321 g/mol. The Morgan fingerprint density at radius 1 is 1.12 bits per heavy atom. The maximum Gasteiger partial charge on any atom is 0.416 e. The zero-order valence-corrected chi connectivity index (χ0v) is 12.5. The van der Waals surface area contributed by atoms with Gasteiger partial charge in [0.15, 0.2) is 0 Å². The van der Waals surface area contributed by atoms with E-state index in [0.717, 1.165) is 23.3 Å². The number of alkyl halides is 3. The Morgan fingerprint density at radius 2 is 1.88 bits per heavy atom. The molecule has 2 aromatic carbocycles. The fourth-order valence-corrected chi connectivity index (χ4v) is 2.86. The van der Waals surface area contributed by atoms with Gasteiger partial charge in [0.05, 0.1) is 5.56 Å². The number of urea groups is 1. The van der Waals surface area contributed by atoms with Gasteiger partial charge in [0, 0.05) is 11.7 Å². The number of nitrogens with one attached hydrogen (secondary N) is 2. The number of carbonyl (C=O) groups is 1. The summed E-state index contributed by atoms with van der Waals surface area (Å²) in [5.41, 5.74) is 1.00. The van der Waals surface area contributed by atoms with Crippen molar-refractivity contribution in [2.24, 2.45) is 0 Å². The molecule has 2 amide bonds. The van der Waals surface area contributed by atoms with E-state index in [-0.39, 0.29) is 17.5 Å². The molecule has 0 saturated heterocycles. The van der Waals surface area contributed by atoms with Crippen molar-refractivity contribution in [3.05, 3.63) is 59.2 Å². The highest BCUT2D eigenvalue weighted by molar-refractivity contribution is 5.89. The highest BCUT2D eigenvalue weighted by Gasteiger charge is 2.30. The van der Waals surface area contributed by atoms with Crippen molar-refractivity contribution in [2.75, 3.05) is 5.32 Å². The second kappa shape index (κ2) is 6.07. The number of benzene rings is 2. The Labute approximate surface area is 136 Å². The Kier molecular flexibility index (Phi) is 4.09. The van der Waals surface area contributed by atoms with Gasteiger partial charge in [0.25, 0.3) is 0 Å². The van der Waals surface area contributed by atoms with E-state index in [0.29, 0.717) is 12.8 Å². The second-order valence-corrected chi connectivity index (χ2v) is 5.70. The van der Waals surface area contributed by atoms with Crippen molar-refractivity contribution in [2.45, 2.75) is 25.1 Å². The lowest BCUT2D eigenvalue weighted by Gasteiger charge is -2.14. The fourth-order valence-electron chi connectivity index (χ4n) is 2.86. The summed E-state index contributed by atoms with van der Waals surface area (Å²) in [5.74, 6) is 0.190. The number of amides is 2. The van der Waals surface area contributed by atoms with Crippen LogP contribution in [0.3, 0.4) is 0 Å². The van der Waals surface area contributed by atoms with E-state index in [9.17, 15) is 23.1 Å². The van der Waals surface area contributed by atoms with Crippen molar-refractivity contribution in [1.82, 2.24) is 5.32 Å². The first-order chi connectivity index (χ1) is 11.3. The summed E-state index contributed by atoms with van der Waals surface area (Å²) in [6, 6.07) is 8.87. The van der Waals surface area contributed by atoms with Crippen molar-refractivity contribution >= 4 is 11.7 Å². The Morgan fingerprint density at radius 3 is 2.58 bits per heavy atom. The largest absolute Gasteiger partial charge is 0.508 e. The lowest BCUT2D eigenvalue weighted by molar-refractivity contribution is -0.137. The predicted octanol–water partition coefficient (Wildman–Crippen LogP) is 3.70. The lowest BCUT2D eigenvalue weighted by Crippen LogP contribution is -2.38. The minimum atomic E-state index is -4.46. The molecule has 1 aliphatic rings. The average molecular weight is 336 g/mol. The first kappa shape index (κ1) is 16.2. The van der Waals surface area contributed by atoms with Crippen LogP contribution in [0.5, 0.6) is 5.75 Å². The van der Waals surface area contributed by atoms with E-state index in [1.807, 2.05) is 6.07 Å². The molecule has 126 valence electrons. The molecule has 24 heavy (non-hydrogen) atoms. The smallest absolute Gasteiger partial charge is 0.416 e. The molecule has 3 rings (SSSR count). The highest BCUT2D eigenvalue weighted by atomic mass is 19.4. The predicted molar refractivity (Wildman–Crippen MR) is 82.9 cm³/mol. The topological polar surface area (TPSA) is 61.4 Å². The second-order valence-electron chi connectivity index (χ2n) is 5.70. The van der Waals surface area contributed by atoms with Gasteiger partial charge in [-0.25, -0.2) is 4.79 Å². The number of aromatic hydroxyl groups is 1. The third-order valence-corrected chi connectivity index (χ3v) is 3.95. The molecule has 0 bridgehead atoms. The van der Waals surface area contributed by atoms with Gasteiger partial charge in [0.1, 0.15) is 5.75 Å². The van der Waals surface area contributed by atoms with E-state index >= 15 is 0 Å². The molecule has 0 aromatic heterocycles. The molecule has 0 spiro atoms. The van der Waals surface area contributed by atoms with Gasteiger partial charge < -0.3 is 15.7 Å². The standard InChI is InChI=1S/C17H15F3N2O2/c18-17(19,20)11-4-2-5-12(8-11)21-16(24)22-13-7-10-3-1-6-15(23)14(10)9-13/h1-6,8,13,23H,7,9H2,(H2,21,22,24). The highest BCUT2D eigenvalue weighted by Crippen LogP contribution is 2.31. The lowest BCUT2D eigenvalue weighted by atomic mass is 10.1. The summed E-state index contributed by atoms with van der Waals surface area (Å²) < 4.78 is 38.0. The molecule has 0 aliphatic heterocycles. The third kappa shape index (κ3) is 3.45. The van der Waals surface area contributed by atoms with Crippen molar-refractivity contribution < 1.29 is 23.1 Å². The van der Waals surface area contributed by atoms with Crippen molar-refractivity contribution in [3.8, 4) is 5.75 Å². The van der Waals surface area contributed by atoms with Crippen LogP contribution >= 0.6 is 0 Å². The van der Waals surface area contributed by atoms with Gasteiger partial charge in [-0.15, -0.1) is 0 Å². The normalized spacial score (nSPS) is 16.5. The van der Waals surface area contributed by atoms with Crippen LogP contribution in [0.1, 0.15) is 16.7 Å². The number of phenolic OH excluding ortho intramolecular Hbond substituents is 1. The SMILES string of the molecule is O=C(Nc1cccc(C(F)(F)F)c1)NC1Cc2cccc(O)c2C1. The first-order valence-corrected chi connectivity index (χ1v) is 7.37. The average Bonchev–Trinajstić information content (AvgIpc) is 2.90. The van der Waals surface area contributed by atoms with Crippen LogP contribution in [-0.2, 0) is 19.0 Å². The number of halogens is 3. The number of fused-ring (bicyclic) bond motifs is 1. The van der Waals surface area contributed by atoms with Gasteiger partial charge in [-0.3, -0.25) is 0 Å². The number of hydrogen-bond donors (Lipinski definition) is 3. The Balaban J connectivity index is 1.62.